The Morgan fingerprint density at radius 2 is 1.38 bits per heavy atom. The Balaban J connectivity index is 1.47. The molecule has 0 bridgehead atoms. The lowest BCUT2D eigenvalue weighted by Crippen LogP contribution is -2.66. The SMILES string of the molecule is CC1(C)COC2(CC[C@H]3[C@@H]4[C@@H](O)[C@H](O)[C@H]5C[C@@H](O)CC[C@]5(C)[C@H]4CC[C@@]32C)OC1. The molecular formula is C24H40O5. The molecule has 9 atom stereocenters. The van der Waals surface area contributed by atoms with Gasteiger partial charge in [0.25, 0.3) is 0 Å². The van der Waals surface area contributed by atoms with Crippen molar-refractivity contribution in [2.45, 2.75) is 96.7 Å². The third-order valence-electron chi connectivity index (χ3n) is 10.2. The summed E-state index contributed by atoms with van der Waals surface area (Å²) in [6.45, 7) is 10.4. The van der Waals surface area contributed by atoms with Crippen LogP contribution < -0.4 is 0 Å². The number of aliphatic hydroxyl groups is 3. The summed E-state index contributed by atoms with van der Waals surface area (Å²) >= 11 is 0. The minimum atomic E-state index is -0.748. The lowest BCUT2D eigenvalue weighted by atomic mass is 9.43. The number of hydrogen-bond acceptors (Lipinski definition) is 5. The number of rotatable bonds is 0. The largest absolute Gasteiger partial charge is 0.393 e. The van der Waals surface area contributed by atoms with Gasteiger partial charge in [-0.15, -0.1) is 0 Å². The number of hydrogen-bond donors (Lipinski definition) is 3. The van der Waals surface area contributed by atoms with Crippen molar-refractivity contribution >= 4 is 0 Å². The highest BCUT2D eigenvalue weighted by atomic mass is 16.7. The van der Waals surface area contributed by atoms with Gasteiger partial charge < -0.3 is 24.8 Å². The molecule has 0 aromatic rings. The first-order valence-corrected chi connectivity index (χ1v) is 11.9. The Morgan fingerprint density at radius 3 is 2.07 bits per heavy atom. The van der Waals surface area contributed by atoms with E-state index in [9.17, 15) is 15.3 Å². The molecule has 0 amide bonds. The van der Waals surface area contributed by atoms with Crippen LogP contribution in [0.2, 0.25) is 0 Å². The Labute approximate surface area is 175 Å². The van der Waals surface area contributed by atoms with Crippen molar-refractivity contribution in [2.24, 2.45) is 39.9 Å². The van der Waals surface area contributed by atoms with Gasteiger partial charge in [0.2, 0.25) is 0 Å². The van der Waals surface area contributed by atoms with Gasteiger partial charge in [0, 0.05) is 17.3 Å². The van der Waals surface area contributed by atoms with E-state index < -0.39 is 18.0 Å². The summed E-state index contributed by atoms with van der Waals surface area (Å²) in [6, 6.07) is 0. The molecule has 4 aliphatic carbocycles. The van der Waals surface area contributed by atoms with Crippen molar-refractivity contribution in [3.05, 3.63) is 0 Å². The molecule has 1 aliphatic heterocycles. The standard InChI is InChI=1S/C24H40O5/c1-21(2)12-28-24(29-13-21)10-7-16-18-15(6-9-23(16,24)4)22(3)8-5-14(25)11-17(22)19(26)20(18)27/h14-20,25-27H,5-13H2,1-4H3/t14-,15-,16-,17+,18+,19+,20+,22+,23-/m0/s1. The predicted molar refractivity (Wildman–Crippen MR) is 109 cm³/mol. The molecule has 0 unspecified atom stereocenters. The van der Waals surface area contributed by atoms with Gasteiger partial charge in [0.15, 0.2) is 5.79 Å². The molecule has 0 aromatic carbocycles. The van der Waals surface area contributed by atoms with E-state index in [2.05, 4.69) is 27.7 Å². The summed E-state index contributed by atoms with van der Waals surface area (Å²) in [4.78, 5) is 0. The van der Waals surface area contributed by atoms with E-state index in [0.717, 1.165) is 38.5 Å². The lowest BCUT2D eigenvalue weighted by Gasteiger charge is -2.64. The Hall–Kier alpha value is -0.200. The molecule has 0 aromatic heterocycles. The summed E-state index contributed by atoms with van der Waals surface area (Å²) in [5.74, 6) is 0.235. The van der Waals surface area contributed by atoms with Crippen molar-refractivity contribution in [1.82, 2.24) is 0 Å². The monoisotopic (exact) mass is 408 g/mol. The van der Waals surface area contributed by atoms with Gasteiger partial charge >= 0.3 is 0 Å². The molecule has 5 aliphatic rings. The van der Waals surface area contributed by atoms with E-state index in [1.54, 1.807) is 0 Å². The zero-order valence-corrected chi connectivity index (χ0v) is 18.6. The van der Waals surface area contributed by atoms with Gasteiger partial charge in [-0.25, -0.2) is 0 Å². The summed E-state index contributed by atoms with van der Waals surface area (Å²) in [6.07, 6.45) is 4.53. The van der Waals surface area contributed by atoms with Gasteiger partial charge in [-0.2, -0.15) is 0 Å². The summed E-state index contributed by atoms with van der Waals surface area (Å²) in [7, 11) is 0. The van der Waals surface area contributed by atoms with Crippen molar-refractivity contribution in [1.29, 1.82) is 0 Å². The van der Waals surface area contributed by atoms with E-state index in [1.165, 1.54) is 0 Å². The van der Waals surface area contributed by atoms with Crippen LogP contribution in [-0.2, 0) is 9.47 Å². The normalized spacial score (nSPS) is 55.8. The Morgan fingerprint density at radius 1 is 0.724 bits per heavy atom. The molecule has 1 heterocycles. The first-order valence-electron chi connectivity index (χ1n) is 11.9. The van der Waals surface area contributed by atoms with Gasteiger partial charge in [-0.3, -0.25) is 0 Å². The van der Waals surface area contributed by atoms with E-state index in [1.807, 2.05) is 0 Å². The zero-order valence-electron chi connectivity index (χ0n) is 18.6. The fraction of sp³-hybridized carbons (Fsp3) is 1.00. The van der Waals surface area contributed by atoms with Crippen LogP contribution in [0.3, 0.4) is 0 Å². The maximum Gasteiger partial charge on any atom is 0.173 e. The maximum absolute atomic E-state index is 11.3. The highest BCUT2D eigenvalue weighted by Crippen LogP contribution is 2.69. The topological polar surface area (TPSA) is 79.2 Å². The van der Waals surface area contributed by atoms with E-state index in [-0.39, 0.29) is 34.2 Å². The van der Waals surface area contributed by atoms with Gasteiger partial charge in [-0.05, 0) is 67.6 Å². The lowest BCUT2D eigenvalue weighted by molar-refractivity contribution is -0.351. The predicted octanol–water partition coefficient (Wildman–Crippen LogP) is 3.10. The van der Waals surface area contributed by atoms with Crippen molar-refractivity contribution in [3.8, 4) is 0 Å². The van der Waals surface area contributed by atoms with Crippen molar-refractivity contribution < 1.29 is 24.8 Å². The van der Waals surface area contributed by atoms with E-state index >= 15 is 0 Å². The summed E-state index contributed by atoms with van der Waals surface area (Å²) < 4.78 is 13.0. The minimum absolute atomic E-state index is 0.00407. The first-order chi connectivity index (χ1) is 13.5. The molecule has 1 spiro atoms. The smallest absolute Gasteiger partial charge is 0.173 e. The van der Waals surface area contributed by atoms with Gasteiger partial charge in [-0.1, -0.05) is 27.7 Å². The second-order valence-corrected chi connectivity index (χ2v) is 12.3. The molecule has 5 fully saturated rings. The molecule has 5 heteroatoms. The first kappa shape index (κ1) is 20.7. The maximum atomic E-state index is 11.3. The minimum Gasteiger partial charge on any atom is -0.393 e. The Bertz CT molecular complexity index is 654. The highest BCUT2D eigenvalue weighted by molar-refractivity contribution is 5.16. The molecule has 4 saturated carbocycles. The fourth-order valence-corrected chi connectivity index (χ4v) is 8.38. The number of aliphatic hydroxyl groups excluding tert-OH is 3. The zero-order chi connectivity index (χ0) is 20.8. The second-order valence-electron chi connectivity index (χ2n) is 12.3. The molecule has 5 rings (SSSR count). The average molecular weight is 409 g/mol. The van der Waals surface area contributed by atoms with Crippen LogP contribution in [0.4, 0.5) is 0 Å². The number of fused-ring (bicyclic) bond motifs is 6. The Kier molecular flexibility index (Phi) is 4.57. The third-order valence-corrected chi connectivity index (χ3v) is 10.2. The second kappa shape index (κ2) is 6.41. The molecule has 3 N–H and O–H groups in total. The quantitative estimate of drug-likeness (QED) is 0.574. The third kappa shape index (κ3) is 2.70. The van der Waals surface area contributed by atoms with Crippen LogP contribution in [-0.4, -0.2) is 52.6 Å². The molecule has 29 heavy (non-hydrogen) atoms. The van der Waals surface area contributed by atoms with Crippen LogP contribution in [0, 0.1) is 39.9 Å². The van der Waals surface area contributed by atoms with Crippen LogP contribution in [0.1, 0.15) is 72.6 Å². The summed E-state index contributed by atoms with van der Waals surface area (Å²) in [5, 5.41) is 32.7. The van der Waals surface area contributed by atoms with E-state index in [4.69, 9.17) is 9.47 Å². The summed E-state index contributed by atoms with van der Waals surface area (Å²) in [5.41, 5.74) is -0.0836. The van der Waals surface area contributed by atoms with Crippen molar-refractivity contribution in [2.75, 3.05) is 13.2 Å². The van der Waals surface area contributed by atoms with Crippen LogP contribution in [0.25, 0.3) is 0 Å². The van der Waals surface area contributed by atoms with Crippen LogP contribution in [0.5, 0.6) is 0 Å². The molecule has 1 saturated heterocycles. The molecule has 5 nitrogen and oxygen atoms in total. The average Bonchev–Trinajstić information content (AvgIpc) is 2.96. The van der Waals surface area contributed by atoms with Crippen LogP contribution in [0.15, 0.2) is 0 Å². The molecule has 0 radical (unpaired) electrons. The fourth-order valence-electron chi connectivity index (χ4n) is 8.38. The molecule has 166 valence electrons. The van der Waals surface area contributed by atoms with Gasteiger partial charge in [0.05, 0.1) is 31.5 Å². The van der Waals surface area contributed by atoms with Gasteiger partial charge in [0.1, 0.15) is 0 Å². The van der Waals surface area contributed by atoms with Crippen molar-refractivity contribution in [3.63, 3.8) is 0 Å². The number of ether oxygens (including phenoxy) is 2. The highest BCUT2D eigenvalue weighted by Gasteiger charge is 2.70. The molecular weight excluding hydrogens is 368 g/mol. The van der Waals surface area contributed by atoms with Crippen LogP contribution >= 0.6 is 0 Å². The van der Waals surface area contributed by atoms with E-state index in [0.29, 0.717) is 31.5 Å².